The minimum absolute atomic E-state index is 0.0479. The first-order chi connectivity index (χ1) is 9.47. The van der Waals surface area contributed by atoms with Gasteiger partial charge in [0.25, 0.3) is 5.91 Å². The zero-order chi connectivity index (χ0) is 15.1. The fraction of sp³-hybridized carbons (Fsp3) is 0.533. The van der Waals surface area contributed by atoms with Crippen molar-refractivity contribution in [2.75, 3.05) is 20.6 Å². The van der Waals surface area contributed by atoms with Crippen LogP contribution in [0.4, 0.5) is 0 Å². The van der Waals surface area contributed by atoms with Gasteiger partial charge in [-0.1, -0.05) is 19.1 Å². The summed E-state index contributed by atoms with van der Waals surface area (Å²) in [4.78, 5) is 13.4. The molecule has 0 saturated heterocycles. The van der Waals surface area contributed by atoms with Crippen molar-refractivity contribution in [2.24, 2.45) is 0 Å². The molecule has 0 aliphatic carbocycles. The van der Waals surface area contributed by atoms with Crippen LogP contribution in [0.25, 0.3) is 0 Å². The lowest BCUT2D eigenvalue weighted by atomic mass is 10.2. The van der Waals surface area contributed by atoms with Crippen molar-refractivity contribution in [2.45, 2.75) is 32.9 Å². The Balaban J connectivity index is 2.84. The smallest absolute Gasteiger partial charge is 0.262 e. The molecule has 5 heteroatoms. The number of hydrogen-bond acceptors (Lipinski definition) is 3. The predicted molar refractivity (Wildman–Crippen MR) is 84.9 cm³/mol. The largest absolute Gasteiger partial charge is 0.479 e. The molecule has 1 N–H and O–H groups in total. The molecule has 0 aliphatic heterocycles. The van der Waals surface area contributed by atoms with Crippen molar-refractivity contribution in [3.8, 4) is 5.75 Å². The van der Waals surface area contributed by atoms with Gasteiger partial charge in [-0.25, -0.2) is 0 Å². The molecule has 1 unspecified atom stereocenters. The van der Waals surface area contributed by atoms with Crippen LogP contribution in [0, 0.1) is 0 Å². The van der Waals surface area contributed by atoms with Gasteiger partial charge in [0.05, 0.1) is 4.47 Å². The molecule has 1 atom stereocenters. The molecule has 0 heterocycles. The first-order valence-electron chi connectivity index (χ1n) is 6.83. The number of carbonyl (C=O) groups is 1. The molecule has 0 radical (unpaired) electrons. The topological polar surface area (TPSA) is 41.6 Å². The Bertz CT molecular complexity index is 449. The molecule has 1 amide bonds. The third-order valence-corrected chi connectivity index (χ3v) is 3.50. The van der Waals surface area contributed by atoms with Crippen molar-refractivity contribution >= 4 is 21.8 Å². The van der Waals surface area contributed by atoms with Gasteiger partial charge in [-0.3, -0.25) is 4.79 Å². The number of likely N-dealkylation sites (N-methyl/N-ethyl adjacent to an activating group) is 1. The predicted octanol–water partition coefficient (Wildman–Crippen LogP) is 2.80. The van der Waals surface area contributed by atoms with Crippen LogP contribution in [-0.2, 0) is 11.3 Å². The van der Waals surface area contributed by atoms with E-state index in [1.807, 2.05) is 18.2 Å². The molecular weight excluding hydrogens is 320 g/mol. The standard InChI is InChI=1S/C15H23BrN2O2/c1-5-9-17-10-12-7-6-8-13(16)14(12)20-11(2)15(19)18(3)4/h6-8,11,17H,5,9-10H2,1-4H3. The molecule has 0 fully saturated rings. The molecule has 0 aromatic heterocycles. The summed E-state index contributed by atoms with van der Waals surface area (Å²) in [7, 11) is 3.46. The summed E-state index contributed by atoms with van der Waals surface area (Å²) in [5, 5.41) is 3.35. The second-order valence-electron chi connectivity index (χ2n) is 4.90. The summed E-state index contributed by atoms with van der Waals surface area (Å²) < 4.78 is 6.72. The van der Waals surface area contributed by atoms with E-state index in [2.05, 4.69) is 28.2 Å². The van der Waals surface area contributed by atoms with Crippen LogP contribution >= 0.6 is 15.9 Å². The molecule has 1 aromatic carbocycles. The van der Waals surface area contributed by atoms with Gasteiger partial charge >= 0.3 is 0 Å². The SMILES string of the molecule is CCCNCc1cccc(Br)c1OC(C)C(=O)N(C)C. The Morgan fingerprint density at radius 1 is 1.45 bits per heavy atom. The fourth-order valence-electron chi connectivity index (χ4n) is 1.82. The highest BCUT2D eigenvalue weighted by Crippen LogP contribution is 2.30. The van der Waals surface area contributed by atoms with E-state index >= 15 is 0 Å². The lowest BCUT2D eigenvalue weighted by Crippen LogP contribution is -2.35. The van der Waals surface area contributed by atoms with E-state index in [1.165, 1.54) is 4.90 Å². The number of nitrogens with one attached hydrogen (secondary N) is 1. The third-order valence-electron chi connectivity index (χ3n) is 2.87. The second-order valence-corrected chi connectivity index (χ2v) is 5.75. The minimum atomic E-state index is -0.506. The van der Waals surface area contributed by atoms with Gasteiger partial charge < -0.3 is 15.0 Å². The molecule has 0 saturated carbocycles. The Morgan fingerprint density at radius 3 is 2.75 bits per heavy atom. The van der Waals surface area contributed by atoms with E-state index in [0.717, 1.165) is 35.3 Å². The molecule has 20 heavy (non-hydrogen) atoms. The van der Waals surface area contributed by atoms with Crippen molar-refractivity contribution in [1.82, 2.24) is 10.2 Å². The molecule has 112 valence electrons. The van der Waals surface area contributed by atoms with Crippen LogP contribution in [0.1, 0.15) is 25.8 Å². The zero-order valence-corrected chi connectivity index (χ0v) is 14.2. The summed E-state index contributed by atoms with van der Waals surface area (Å²) in [5.74, 6) is 0.687. The van der Waals surface area contributed by atoms with Crippen LogP contribution in [0.15, 0.2) is 22.7 Å². The molecule has 0 aliphatic rings. The average Bonchev–Trinajstić information content (AvgIpc) is 2.41. The monoisotopic (exact) mass is 342 g/mol. The van der Waals surface area contributed by atoms with Crippen molar-refractivity contribution < 1.29 is 9.53 Å². The molecule has 0 spiro atoms. The summed E-state index contributed by atoms with van der Waals surface area (Å²) >= 11 is 3.49. The summed E-state index contributed by atoms with van der Waals surface area (Å²) in [6.45, 7) is 5.58. The van der Waals surface area contributed by atoms with E-state index in [4.69, 9.17) is 4.74 Å². The van der Waals surface area contributed by atoms with E-state index in [1.54, 1.807) is 21.0 Å². The van der Waals surface area contributed by atoms with E-state index in [0.29, 0.717) is 0 Å². The molecule has 1 aromatic rings. The van der Waals surface area contributed by atoms with Crippen LogP contribution < -0.4 is 10.1 Å². The maximum Gasteiger partial charge on any atom is 0.262 e. The Morgan fingerprint density at radius 2 is 2.15 bits per heavy atom. The first kappa shape index (κ1) is 17.0. The van der Waals surface area contributed by atoms with Gasteiger partial charge in [0.2, 0.25) is 0 Å². The van der Waals surface area contributed by atoms with Gasteiger partial charge in [-0.15, -0.1) is 0 Å². The molecule has 1 rings (SSSR count). The normalized spacial score (nSPS) is 12.1. The van der Waals surface area contributed by atoms with Gasteiger partial charge in [0.1, 0.15) is 5.75 Å². The van der Waals surface area contributed by atoms with Crippen LogP contribution in [-0.4, -0.2) is 37.6 Å². The van der Waals surface area contributed by atoms with Gasteiger partial charge in [0.15, 0.2) is 6.10 Å². The number of benzene rings is 1. The summed E-state index contributed by atoms with van der Waals surface area (Å²) in [5.41, 5.74) is 1.05. The lowest BCUT2D eigenvalue weighted by Gasteiger charge is -2.21. The number of para-hydroxylation sites is 1. The molecular formula is C15H23BrN2O2. The fourth-order valence-corrected chi connectivity index (χ4v) is 2.32. The number of amides is 1. The quantitative estimate of drug-likeness (QED) is 0.774. The van der Waals surface area contributed by atoms with E-state index in [9.17, 15) is 4.79 Å². The van der Waals surface area contributed by atoms with Crippen LogP contribution in [0.3, 0.4) is 0 Å². The number of hydrogen-bond donors (Lipinski definition) is 1. The third kappa shape index (κ3) is 4.80. The van der Waals surface area contributed by atoms with E-state index < -0.39 is 6.10 Å². The van der Waals surface area contributed by atoms with Crippen molar-refractivity contribution in [1.29, 1.82) is 0 Å². The minimum Gasteiger partial charge on any atom is -0.479 e. The number of carbonyl (C=O) groups excluding carboxylic acids is 1. The van der Waals surface area contributed by atoms with Crippen molar-refractivity contribution in [3.63, 3.8) is 0 Å². The lowest BCUT2D eigenvalue weighted by molar-refractivity contribution is -0.135. The number of halogens is 1. The maximum absolute atomic E-state index is 11.9. The summed E-state index contributed by atoms with van der Waals surface area (Å²) in [6.07, 6.45) is 0.577. The number of rotatable bonds is 7. The van der Waals surface area contributed by atoms with Gasteiger partial charge in [0, 0.05) is 26.2 Å². The van der Waals surface area contributed by atoms with Gasteiger partial charge in [-0.2, -0.15) is 0 Å². The van der Waals surface area contributed by atoms with Crippen molar-refractivity contribution in [3.05, 3.63) is 28.2 Å². The number of ether oxygens (including phenoxy) is 1. The van der Waals surface area contributed by atoms with E-state index in [-0.39, 0.29) is 5.91 Å². The summed E-state index contributed by atoms with van der Waals surface area (Å²) in [6, 6.07) is 5.90. The molecule has 4 nitrogen and oxygen atoms in total. The Kier molecular flexibility index (Phi) is 7.02. The number of nitrogens with zero attached hydrogens (tertiary/aromatic N) is 1. The highest BCUT2D eigenvalue weighted by atomic mass is 79.9. The van der Waals surface area contributed by atoms with Gasteiger partial charge in [-0.05, 0) is 41.9 Å². The maximum atomic E-state index is 11.9. The Labute approximate surface area is 129 Å². The molecule has 0 bridgehead atoms. The zero-order valence-electron chi connectivity index (χ0n) is 12.6. The Hall–Kier alpha value is -1.07. The van der Waals surface area contributed by atoms with Crippen LogP contribution in [0.2, 0.25) is 0 Å². The highest BCUT2D eigenvalue weighted by molar-refractivity contribution is 9.10. The van der Waals surface area contributed by atoms with Crippen LogP contribution in [0.5, 0.6) is 5.75 Å². The second kappa shape index (κ2) is 8.27. The average molecular weight is 343 g/mol. The first-order valence-corrected chi connectivity index (χ1v) is 7.62. The highest BCUT2D eigenvalue weighted by Gasteiger charge is 2.19.